The molecule has 2 aliphatic carbocycles. The average Bonchev–Trinajstić information content (AvgIpc) is 3.01. The summed E-state index contributed by atoms with van der Waals surface area (Å²) in [4.78, 5) is 0. The average molecular weight is 475 g/mol. The van der Waals surface area contributed by atoms with Crippen LogP contribution in [0, 0.1) is 5.41 Å². The van der Waals surface area contributed by atoms with Crippen molar-refractivity contribution in [2.75, 3.05) is 0 Å². The van der Waals surface area contributed by atoms with Crippen LogP contribution in [0.2, 0.25) is 9.26 Å². The minimum Gasteiger partial charge on any atom is -0.147 e. The fourth-order valence-electron chi connectivity index (χ4n) is 4.51. The van der Waals surface area contributed by atoms with Crippen molar-refractivity contribution < 1.29 is 17.4 Å². The molecule has 0 aliphatic heterocycles. The van der Waals surface area contributed by atoms with Gasteiger partial charge in [0, 0.05) is 0 Å². The van der Waals surface area contributed by atoms with E-state index in [0.717, 1.165) is 0 Å². The fourth-order valence-corrected chi connectivity index (χ4v) is 20.4. The van der Waals surface area contributed by atoms with Gasteiger partial charge < -0.3 is 0 Å². The van der Waals surface area contributed by atoms with E-state index in [1.54, 1.807) is 14.4 Å². The summed E-state index contributed by atoms with van der Waals surface area (Å²) in [5.74, 6) is 0. The Hall–Kier alpha value is 0.120. The number of halogens is 2. The van der Waals surface area contributed by atoms with Crippen LogP contribution in [0.25, 0.3) is 6.08 Å². The Bertz CT molecular complexity index is 832. The van der Waals surface area contributed by atoms with Crippen LogP contribution in [0.3, 0.4) is 0 Å². The molecule has 0 amide bonds. The summed E-state index contributed by atoms with van der Waals surface area (Å²) in [5, 5.41) is 0. The largest absolute Gasteiger partial charge is 0.147 e. The molecule has 1 aromatic carbocycles. The zero-order valence-electron chi connectivity index (χ0n) is 16.3. The Labute approximate surface area is 168 Å². The van der Waals surface area contributed by atoms with Gasteiger partial charge in [-0.05, 0) is 0 Å². The van der Waals surface area contributed by atoms with Crippen LogP contribution in [0.5, 0.6) is 0 Å². The molecule has 4 heteroatoms. The van der Waals surface area contributed by atoms with E-state index < -0.39 is 17.4 Å². The summed E-state index contributed by atoms with van der Waals surface area (Å²) in [6, 6.07) is 9.05. The Kier molecular flexibility index (Phi) is 6.73. The van der Waals surface area contributed by atoms with Crippen LogP contribution in [-0.2, 0) is 17.4 Å². The fraction of sp³-hybridized carbons (Fsp3) is 0.429. The molecule has 0 nitrogen and oxygen atoms in total. The zero-order valence-corrected chi connectivity index (χ0v) is 21.9. The second-order valence-corrected chi connectivity index (χ2v) is 39.2. The standard InChI is InChI=1S/C10H9.C9H13.2CH3.2ClH.H2Si.Zr/c1-8-6-9-4-2-3-5-10(9)7-8;1-9(2,3)8-6-4-5-7-8;;;;;;/h2-7H,1H3;6-7H,4H2,1-3H3;2*1H3;2*1H;1H2;. The van der Waals surface area contributed by atoms with Gasteiger partial charge in [-0.3, -0.25) is 0 Å². The summed E-state index contributed by atoms with van der Waals surface area (Å²) in [6.45, 7) is 11.7. The van der Waals surface area contributed by atoms with E-state index in [0.29, 0.717) is 3.63 Å². The molecule has 0 saturated heterocycles. The number of hydrogen-bond donors (Lipinski definition) is 0. The van der Waals surface area contributed by atoms with Gasteiger partial charge in [0.05, 0.1) is 0 Å². The first kappa shape index (κ1) is 23.2. The van der Waals surface area contributed by atoms with E-state index in [1.807, 2.05) is 0 Å². The number of allylic oxidation sites excluding steroid dienone is 5. The summed E-state index contributed by atoms with van der Waals surface area (Å²) in [7, 11) is 0. The normalized spacial score (nSPS) is 20.0. The van der Waals surface area contributed by atoms with Crippen molar-refractivity contribution in [3.63, 3.8) is 0 Å². The van der Waals surface area contributed by atoms with Crippen molar-refractivity contribution in [2.24, 2.45) is 5.41 Å². The van der Waals surface area contributed by atoms with Crippen LogP contribution in [-0.4, -0.2) is 6.88 Å². The molecule has 1 aromatic rings. The maximum atomic E-state index is 2.66. The number of fused-ring (bicyclic) bond motifs is 1. The SMILES string of the molecule is CC1=Cc2ccccc2[CH]1[Zr]([CH3])([CH3])(=[SiH2])[C]1=CC(C(C)(C)C)=CC1.Cl.Cl. The van der Waals surface area contributed by atoms with E-state index in [4.69, 9.17) is 0 Å². The molecule has 1 unspecified atom stereocenters. The second kappa shape index (κ2) is 7.27. The van der Waals surface area contributed by atoms with Gasteiger partial charge in [-0.15, -0.1) is 24.8 Å². The molecule has 2 aliphatic rings. The summed E-state index contributed by atoms with van der Waals surface area (Å²) in [6.07, 6.45) is 8.68. The molecule has 138 valence electrons. The summed E-state index contributed by atoms with van der Waals surface area (Å²) in [5.41, 5.74) is 6.42. The van der Waals surface area contributed by atoms with Crippen LogP contribution in [0.4, 0.5) is 0 Å². The topological polar surface area (TPSA) is 0 Å². The first-order valence-electron chi connectivity index (χ1n) is 8.75. The van der Waals surface area contributed by atoms with Gasteiger partial charge in [0.1, 0.15) is 0 Å². The van der Waals surface area contributed by atoms with Crippen LogP contribution >= 0.6 is 24.8 Å². The molecule has 0 radical (unpaired) electrons. The van der Waals surface area contributed by atoms with E-state index >= 15 is 0 Å². The van der Waals surface area contributed by atoms with Crippen molar-refractivity contribution in [2.45, 2.75) is 47.0 Å². The van der Waals surface area contributed by atoms with Crippen molar-refractivity contribution >= 4 is 37.8 Å². The van der Waals surface area contributed by atoms with E-state index in [2.05, 4.69) is 86.3 Å². The van der Waals surface area contributed by atoms with Gasteiger partial charge in [-0.1, -0.05) is 0 Å². The molecular weight excluding hydrogens is 442 g/mol. The van der Waals surface area contributed by atoms with Gasteiger partial charge >= 0.3 is 145 Å². The van der Waals surface area contributed by atoms with E-state index in [-0.39, 0.29) is 30.2 Å². The summed E-state index contributed by atoms with van der Waals surface area (Å²) >= 11 is -3.04. The molecule has 3 rings (SSSR count). The van der Waals surface area contributed by atoms with Gasteiger partial charge in [0.25, 0.3) is 0 Å². The first-order chi connectivity index (χ1) is 10.5. The van der Waals surface area contributed by atoms with Crippen molar-refractivity contribution in [3.8, 4) is 0 Å². The third-order valence-electron chi connectivity index (χ3n) is 5.86. The maximum Gasteiger partial charge on any atom is -0.147 e. The molecule has 0 bridgehead atoms. The predicted molar refractivity (Wildman–Crippen MR) is 118 cm³/mol. The van der Waals surface area contributed by atoms with Crippen molar-refractivity contribution in [3.05, 3.63) is 62.0 Å². The van der Waals surface area contributed by atoms with Crippen molar-refractivity contribution in [1.82, 2.24) is 0 Å². The van der Waals surface area contributed by atoms with Crippen molar-refractivity contribution in [1.29, 1.82) is 0 Å². The maximum absolute atomic E-state index is 3.04. The predicted octanol–water partition coefficient (Wildman–Crippen LogP) is 6.58. The van der Waals surface area contributed by atoms with Gasteiger partial charge in [-0.25, -0.2) is 0 Å². The zero-order chi connectivity index (χ0) is 17.1. The van der Waals surface area contributed by atoms with Gasteiger partial charge in [0.15, 0.2) is 0 Å². The molecule has 0 saturated carbocycles. The summed E-state index contributed by atoms with van der Waals surface area (Å²) < 4.78 is 7.78. The van der Waals surface area contributed by atoms with Crippen LogP contribution < -0.4 is 0 Å². The molecule has 0 aromatic heterocycles. The Morgan fingerprint density at radius 2 is 1.64 bits per heavy atom. The van der Waals surface area contributed by atoms with Crippen LogP contribution in [0.1, 0.15) is 48.9 Å². The van der Waals surface area contributed by atoms with E-state index in [9.17, 15) is 0 Å². The molecule has 25 heavy (non-hydrogen) atoms. The van der Waals surface area contributed by atoms with E-state index in [1.165, 1.54) is 17.6 Å². The molecule has 0 N–H and O–H groups in total. The third-order valence-corrected chi connectivity index (χ3v) is 23.4. The molecular formula is C21H32Cl2SiZr. The monoisotopic (exact) mass is 472 g/mol. The Morgan fingerprint density at radius 3 is 2.20 bits per heavy atom. The third kappa shape index (κ3) is 4.03. The number of benzene rings is 1. The van der Waals surface area contributed by atoms with Crippen LogP contribution in [0.15, 0.2) is 50.8 Å². The van der Waals surface area contributed by atoms with Gasteiger partial charge in [0.2, 0.25) is 0 Å². The minimum atomic E-state index is -3.04. The molecule has 1 atom stereocenters. The smallest absolute Gasteiger partial charge is 0.147 e. The number of rotatable bonds is 2. The minimum absolute atomic E-state index is 0. The molecule has 0 fully saturated rings. The second-order valence-electron chi connectivity index (χ2n) is 9.54. The Morgan fingerprint density at radius 1 is 1.04 bits per heavy atom. The quantitative estimate of drug-likeness (QED) is 0.425. The molecule has 0 spiro atoms. The number of hydrogen-bond acceptors (Lipinski definition) is 0. The Balaban J connectivity index is 0.00000156. The van der Waals surface area contributed by atoms with Gasteiger partial charge in [-0.2, -0.15) is 0 Å². The molecule has 0 heterocycles. The first-order valence-corrected chi connectivity index (χ1v) is 22.2.